The average molecular weight is 327 g/mol. The highest BCUT2D eigenvalue weighted by molar-refractivity contribution is 14.1. The Morgan fingerprint density at radius 1 is 1.43 bits per heavy atom. The standard InChI is InChI=1S/C7H6INO4S/c1-14(12,13)5-2-3-6(8)7(4-5)9(10)11/h2-4H,1H3. The van der Waals surface area contributed by atoms with Crippen LogP contribution in [0.3, 0.4) is 0 Å². The van der Waals surface area contributed by atoms with E-state index in [1.54, 1.807) is 22.6 Å². The summed E-state index contributed by atoms with van der Waals surface area (Å²) in [7, 11) is -3.38. The van der Waals surface area contributed by atoms with Gasteiger partial charge in [0.05, 0.1) is 13.4 Å². The molecule has 0 N–H and O–H groups in total. The molecule has 0 aromatic heterocycles. The summed E-state index contributed by atoms with van der Waals surface area (Å²) >= 11 is 1.78. The summed E-state index contributed by atoms with van der Waals surface area (Å²) in [5.41, 5.74) is -0.187. The lowest BCUT2D eigenvalue weighted by atomic mass is 10.3. The number of nitrogens with zero attached hydrogens (tertiary/aromatic N) is 1. The molecule has 76 valence electrons. The Morgan fingerprint density at radius 3 is 2.43 bits per heavy atom. The van der Waals surface area contributed by atoms with Crippen molar-refractivity contribution >= 4 is 38.1 Å². The highest BCUT2D eigenvalue weighted by Gasteiger charge is 2.16. The van der Waals surface area contributed by atoms with Crippen molar-refractivity contribution in [3.05, 3.63) is 31.9 Å². The zero-order valence-electron chi connectivity index (χ0n) is 7.10. The maximum absolute atomic E-state index is 11.1. The molecule has 0 aliphatic heterocycles. The van der Waals surface area contributed by atoms with Crippen molar-refractivity contribution in [1.82, 2.24) is 0 Å². The van der Waals surface area contributed by atoms with Gasteiger partial charge in [-0.2, -0.15) is 0 Å². The molecule has 0 radical (unpaired) electrons. The van der Waals surface area contributed by atoms with Crippen LogP contribution in [-0.2, 0) is 9.84 Å². The molecule has 1 aromatic rings. The van der Waals surface area contributed by atoms with Gasteiger partial charge in [-0.1, -0.05) is 0 Å². The van der Waals surface area contributed by atoms with Crippen LogP contribution >= 0.6 is 22.6 Å². The lowest BCUT2D eigenvalue weighted by Crippen LogP contribution is -1.99. The molecule has 14 heavy (non-hydrogen) atoms. The first-order chi connectivity index (χ1) is 6.32. The summed E-state index contributed by atoms with van der Waals surface area (Å²) in [6.45, 7) is 0. The summed E-state index contributed by atoms with van der Waals surface area (Å²) in [6.07, 6.45) is 1.01. The summed E-state index contributed by atoms with van der Waals surface area (Å²) in [5.74, 6) is 0. The van der Waals surface area contributed by atoms with Gasteiger partial charge in [-0.25, -0.2) is 8.42 Å². The number of nitro groups is 1. The first kappa shape index (κ1) is 11.4. The molecule has 0 fully saturated rings. The van der Waals surface area contributed by atoms with Gasteiger partial charge in [0.25, 0.3) is 5.69 Å². The van der Waals surface area contributed by atoms with Crippen molar-refractivity contribution in [3.8, 4) is 0 Å². The maximum atomic E-state index is 11.1. The molecule has 7 heteroatoms. The van der Waals surface area contributed by atoms with E-state index in [-0.39, 0.29) is 10.6 Å². The van der Waals surface area contributed by atoms with Gasteiger partial charge in [-0.3, -0.25) is 10.1 Å². The summed E-state index contributed by atoms with van der Waals surface area (Å²) in [5, 5.41) is 10.5. The van der Waals surface area contributed by atoms with E-state index in [9.17, 15) is 18.5 Å². The van der Waals surface area contributed by atoms with E-state index in [0.29, 0.717) is 3.57 Å². The van der Waals surface area contributed by atoms with Crippen molar-refractivity contribution < 1.29 is 13.3 Å². The minimum absolute atomic E-state index is 0.0374. The summed E-state index contributed by atoms with van der Waals surface area (Å²) in [6, 6.07) is 3.83. The van der Waals surface area contributed by atoms with E-state index < -0.39 is 14.8 Å². The fourth-order valence-corrected chi connectivity index (χ4v) is 2.04. The quantitative estimate of drug-likeness (QED) is 0.470. The Hall–Kier alpha value is -0.700. The Labute approximate surface area is 94.3 Å². The largest absolute Gasteiger partial charge is 0.283 e. The molecule has 0 aliphatic carbocycles. The van der Waals surface area contributed by atoms with Crippen molar-refractivity contribution in [2.75, 3.05) is 6.26 Å². The van der Waals surface area contributed by atoms with Crippen LogP contribution in [0.2, 0.25) is 0 Å². The van der Waals surface area contributed by atoms with E-state index in [4.69, 9.17) is 0 Å². The zero-order valence-corrected chi connectivity index (χ0v) is 10.1. The highest BCUT2D eigenvalue weighted by atomic mass is 127. The molecule has 0 unspecified atom stereocenters. The van der Waals surface area contributed by atoms with Gasteiger partial charge >= 0.3 is 0 Å². The van der Waals surface area contributed by atoms with Crippen molar-refractivity contribution in [2.24, 2.45) is 0 Å². The summed E-state index contributed by atoms with van der Waals surface area (Å²) < 4.78 is 22.6. The number of benzene rings is 1. The lowest BCUT2D eigenvalue weighted by molar-refractivity contribution is -0.386. The van der Waals surface area contributed by atoms with Crippen LogP contribution < -0.4 is 0 Å². The topological polar surface area (TPSA) is 77.3 Å². The maximum Gasteiger partial charge on any atom is 0.283 e. The third-order valence-electron chi connectivity index (χ3n) is 1.54. The molecule has 0 bridgehead atoms. The van der Waals surface area contributed by atoms with Crippen molar-refractivity contribution in [1.29, 1.82) is 0 Å². The minimum Gasteiger partial charge on any atom is -0.258 e. The fourth-order valence-electron chi connectivity index (χ4n) is 0.863. The lowest BCUT2D eigenvalue weighted by Gasteiger charge is -1.99. The fraction of sp³-hybridized carbons (Fsp3) is 0.143. The Balaban J connectivity index is 3.42. The second-order valence-corrected chi connectivity index (χ2v) is 5.82. The first-order valence-electron chi connectivity index (χ1n) is 3.46. The number of nitro benzene ring substituents is 1. The zero-order chi connectivity index (χ0) is 10.9. The minimum atomic E-state index is -3.38. The molecule has 0 spiro atoms. The van der Waals surface area contributed by atoms with E-state index in [1.165, 1.54) is 12.1 Å². The van der Waals surface area contributed by atoms with Crippen LogP contribution in [-0.4, -0.2) is 19.6 Å². The van der Waals surface area contributed by atoms with Crippen LogP contribution in [0.5, 0.6) is 0 Å². The SMILES string of the molecule is CS(=O)(=O)c1ccc(I)c([N+](=O)[O-])c1. The van der Waals surface area contributed by atoms with Crippen LogP contribution in [0.15, 0.2) is 23.1 Å². The second kappa shape index (κ2) is 3.81. The third kappa shape index (κ3) is 2.41. The van der Waals surface area contributed by atoms with Crippen LogP contribution in [0.4, 0.5) is 5.69 Å². The predicted molar refractivity (Wildman–Crippen MR) is 58.9 cm³/mol. The summed E-state index contributed by atoms with van der Waals surface area (Å²) in [4.78, 5) is 9.87. The van der Waals surface area contributed by atoms with Gasteiger partial charge < -0.3 is 0 Å². The van der Waals surface area contributed by atoms with Gasteiger partial charge in [0.2, 0.25) is 0 Å². The van der Waals surface area contributed by atoms with E-state index in [0.717, 1.165) is 12.3 Å². The average Bonchev–Trinajstić information content (AvgIpc) is 2.02. The Bertz CT molecular complexity index is 482. The smallest absolute Gasteiger partial charge is 0.258 e. The number of hydrogen-bond acceptors (Lipinski definition) is 4. The van der Waals surface area contributed by atoms with Crippen molar-refractivity contribution in [3.63, 3.8) is 0 Å². The van der Waals surface area contributed by atoms with E-state index >= 15 is 0 Å². The Morgan fingerprint density at radius 2 is 2.00 bits per heavy atom. The number of halogens is 1. The second-order valence-electron chi connectivity index (χ2n) is 2.64. The number of hydrogen-bond donors (Lipinski definition) is 0. The van der Waals surface area contributed by atoms with E-state index in [1.807, 2.05) is 0 Å². The van der Waals surface area contributed by atoms with Gasteiger partial charge in [-0.15, -0.1) is 0 Å². The molecular formula is C7H6INO4S. The molecule has 1 rings (SSSR count). The number of rotatable bonds is 2. The molecule has 5 nitrogen and oxygen atoms in total. The van der Waals surface area contributed by atoms with Crippen molar-refractivity contribution in [2.45, 2.75) is 4.90 Å². The van der Waals surface area contributed by atoms with Gasteiger partial charge in [0.15, 0.2) is 9.84 Å². The predicted octanol–water partition coefficient (Wildman–Crippen LogP) is 1.60. The van der Waals surface area contributed by atoms with Gasteiger partial charge in [0.1, 0.15) is 0 Å². The van der Waals surface area contributed by atoms with Crippen LogP contribution in [0, 0.1) is 13.7 Å². The van der Waals surface area contributed by atoms with E-state index in [2.05, 4.69) is 0 Å². The molecule has 0 amide bonds. The van der Waals surface area contributed by atoms with Gasteiger partial charge in [0, 0.05) is 12.3 Å². The molecule has 0 saturated heterocycles. The van der Waals surface area contributed by atoms with Crippen LogP contribution in [0.1, 0.15) is 0 Å². The normalized spacial score (nSPS) is 11.3. The number of sulfone groups is 1. The third-order valence-corrected chi connectivity index (χ3v) is 3.56. The monoisotopic (exact) mass is 327 g/mol. The van der Waals surface area contributed by atoms with Gasteiger partial charge in [-0.05, 0) is 34.7 Å². The highest BCUT2D eigenvalue weighted by Crippen LogP contribution is 2.23. The Kier molecular flexibility index (Phi) is 3.10. The molecular weight excluding hydrogens is 321 g/mol. The first-order valence-corrected chi connectivity index (χ1v) is 6.43. The molecule has 1 aromatic carbocycles. The molecule has 0 saturated carbocycles. The molecule has 0 aliphatic rings. The molecule has 0 atom stereocenters. The molecule has 0 heterocycles. The van der Waals surface area contributed by atoms with Crippen LogP contribution in [0.25, 0.3) is 0 Å².